The predicted octanol–water partition coefficient (Wildman–Crippen LogP) is 0.0971. The SMILES string of the molecule is CCc1nc(C(O)CN)cc(N(C)C)n1. The average Bonchev–Trinajstić information content (AvgIpc) is 2.27. The number of aliphatic hydroxyl groups excluding tert-OH is 1. The molecule has 1 aromatic heterocycles. The number of nitrogens with zero attached hydrogens (tertiary/aromatic N) is 3. The Hall–Kier alpha value is -1.20. The molecule has 0 aliphatic carbocycles. The Morgan fingerprint density at radius 3 is 2.60 bits per heavy atom. The van der Waals surface area contributed by atoms with Crippen LogP contribution in [0.15, 0.2) is 6.07 Å². The van der Waals surface area contributed by atoms with Gasteiger partial charge >= 0.3 is 0 Å². The minimum absolute atomic E-state index is 0.174. The summed E-state index contributed by atoms with van der Waals surface area (Å²) in [5.41, 5.74) is 5.99. The van der Waals surface area contributed by atoms with Crippen LogP contribution in [0.4, 0.5) is 5.82 Å². The van der Waals surface area contributed by atoms with Crippen LogP contribution in [0.3, 0.4) is 0 Å². The number of aliphatic hydroxyl groups is 1. The zero-order valence-electron chi connectivity index (χ0n) is 9.44. The maximum atomic E-state index is 9.62. The first-order valence-electron chi connectivity index (χ1n) is 5.01. The summed E-state index contributed by atoms with van der Waals surface area (Å²) < 4.78 is 0. The molecule has 0 saturated carbocycles. The van der Waals surface area contributed by atoms with Crippen molar-refractivity contribution in [1.29, 1.82) is 0 Å². The van der Waals surface area contributed by atoms with Gasteiger partial charge in [0.1, 0.15) is 17.7 Å². The van der Waals surface area contributed by atoms with E-state index in [2.05, 4.69) is 9.97 Å². The van der Waals surface area contributed by atoms with E-state index in [9.17, 15) is 5.11 Å². The van der Waals surface area contributed by atoms with Crippen molar-refractivity contribution in [1.82, 2.24) is 9.97 Å². The number of nitrogens with two attached hydrogens (primary N) is 1. The first kappa shape index (κ1) is 11.9. The largest absolute Gasteiger partial charge is 0.385 e. The van der Waals surface area contributed by atoms with E-state index in [1.807, 2.05) is 25.9 Å². The molecule has 0 saturated heterocycles. The summed E-state index contributed by atoms with van der Waals surface area (Å²) in [7, 11) is 3.81. The molecule has 0 aliphatic rings. The molecule has 1 unspecified atom stereocenters. The quantitative estimate of drug-likeness (QED) is 0.737. The van der Waals surface area contributed by atoms with Gasteiger partial charge in [-0.1, -0.05) is 6.92 Å². The van der Waals surface area contributed by atoms with Crippen LogP contribution in [0.2, 0.25) is 0 Å². The Morgan fingerprint density at radius 2 is 2.13 bits per heavy atom. The lowest BCUT2D eigenvalue weighted by atomic mass is 10.2. The van der Waals surface area contributed by atoms with Crippen molar-refractivity contribution >= 4 is 5.82 Å². The summed E-state index contributed by atoms with van der Waals surface area (Å²) in [6.45, 7) is 2.15. The topological polar surface area (TPSA) is 75.3 Å². The normalized spacial score (nSPS) is 12.6. The highest BCUT2D eigenvalue weighted by Gasteiger charge is 2.11. The van der Waals surface area contributed by atoms with Gasteiger partial charge in [-0.3, -0.25) is 0 Å². The Balaban J connectivity index is 3.11. The fourth-order valence-corrected chi connectivity index (χ4v) is 1.18. The lowest BCUT2D eigenvalue weighted by Crippen LogP contribution is -2.17. The molecule has 5 nitrogen and oxygen atoms in total. The van der Waals surface area contributed by atoms with Gasteiger partial charge in [-0.05, 0) is 0 Å². The smallest absolute Gasteiger partial charge is 0.132 e. The van der Waals surface area contributed by atoms with Crippen molar-refractivity contribution < 1.29 is 5.11 Å². The molecule has 1 aromatic rings. The number of rotatable bonds is 4. The van der Waals surface area contributed by atoms with E-state index in [0.717, 1.165) is 18.1 Å². The van der Waals surface area contributed by atoms with Gasteiger partial charge in [0.05, 0.1) is 5.69 Å². The minimum Gasteiger partial charge on any atom is -0.385 e. The van der Waals surface area contributed by atoms with Gasteiger partial charge in [-0.15, -0.1) is 0 Å². The molecule has 15 heavy (non-hydrogen) atoms. The molecular formula is C10H18N4O. The lowest BCUT2D eigenvalue weighted by molar-refractivity contribution is 0.181. The van der Waals surface area contributed by atoms with Crippen molar-refractivity contribution in [3.8, 4) is 0 Å². The molecule has 0 fully saturated rings. The van der Waals surface area contributed by atoms with Crippen LogP contribution >= 0.6 is 0 Å². The molecular weight excluding hydrogens is 192 g/mol. The number of aromatic nitrogens is 2. The van der Waals surface area contributed by atoms with Crippen molar-refractivity contribution in [2.75, 3.05) is 25.5 Å². The average molecular weight is 210 g/mol. The molecule has 0 amide bonds. The fraction of sp³-hybridized carbons (Fsp3) is 0.600. The molecule has 1 heterocycles. The summed E-state index contributed by atoms with van der Waals surface area (Å²) in [6.07, 6.45) is 0.0309. The van der Waals surface area contributed by atoms with Gasteiger partial charge in [0.2, 0.25) is 0 Å². The molecule has 0 bridgehead atoms. The fourth-order valence-electron chi connectivity index (χ4n) is 1.18. The van der Waals surface area contributed by atoms with Crippen molar-refractivity contribution in [3.63, 3.8) is 0 Å². The summed E-state index contributed by atoms with van der Waals surface area (Å²) in [6, 6.07) is 1.76. The molecule has 0 aromatic carbocycles. The Bertz CT molecular complexity index is 327. The second-order valence-electron chi connectivity index (χ2n) is 3.57. The summed E-state index contributed by atoms with van der Waals surface area (Å²) in [5.74, 6) is 1.52. The molecule has 3 N–H and O–H groups in total. The molecule has 0 spiro atoms. The highest BCUT2D eigenvalue weighted by molar-refractivity contribution is 5.38. The summed E-state index contributed by atoms with van der Waals surface area (Å²) in [5, 5.41) is 9.62. The second-order valence-corrected chi connectivity index (χ2v) is 3.57. The molecule has 1 atom stereocenters. The van der Waals surface area contributed by atoms with Crippen LogP contribution in [-0.4, -0.2) is 35.7 Å². The van der Waals surface area contributed by atoms with E-state index in [-0.39, 0.29) is 6.54 Å². The number of hydrogen-bond acceptors (Lipinski definition) is 5. The third-order valence-corrected chi connectivity index (χ3v) is 2.12. The third kappa shape index (κ3) is 2.87. The van der Waals surface area contributed by atoms with Crippen LogP contribution in [-0.2, 0) is 6.42 Å². The number of hydrogen-bond donors (Lipinski definition) is 2. The summed E-state index contributed by atoms with van der Waals surface area (Å²) in [4.78, 5) is 10.5. The van der Waals surface area contributed by atoms with E-state index in [1.165, 1.54) is 0 Å². The first-order valence-corrected chi connectivity index (χ1v) is 5.01. The van der Waals surface area contributed by atoms with E-state index >= 15 is 0 Å². The second kappa shape index (κ2) is 5.04. The molecule has 5 heteroatoms. The number of aryl methyl sites for hydroxylation is 1. The van der Waals surface area contributed by atoms with Crippen LogP contribution in [0.5, 0.6) is 0 Å². The van der Waals surface area contributed by atoms with Crippen LogP contribution in [0, 0.1) is 0 Å². The van der Waals surface area contributed by atoms with Crippen LogP contribution in [0.25, 0.3) is 0 Å². The van der Waals surface area contributed by atoms with Gasteiger partial charge in [-0.2, -0.15) is 0 Å². The van der Waals surface area contributed by atoms with Gasteiger partial charge < -0.3 is 15.7 Å². The van der Waals surface area contributed by atoms with Gasteiger partial charge in [0.25, 0.3) is 0 Å². The lowest BCUT2D eigenvalue weighted by Gasteiger charge is -2.15. The first-order chi connectivity index (χ1) is 7.08. The molecule has 0 aliphatic heterocycles. The Labute approximate surface area is 90.0 Å². The molecule has 84 valence electrons. The van der Waals surface area contributed by atoms with Crippen molar-refractivity contribution in [2.24, 2.45) is 5.73 Å². The molecule has 0 radical (unpaired) electrons. The summed E-state index contributed by atoms with van der Waals surface area (Å²) >= 11 is 0. The highest BCUT2D eigenvalue weighted by atomic mass is 16.3. The zero-order chi connectivity index (χ0) is 11.4. The van der Waals surface area contributed by atoms with Crippen molar-refractivity contribution in [2.45, 2.75) is 19.4 Å². The monoisotopic (exact) mass is 210 g/mol. The van der Waals surface area contributed by atoms with E-state index in [4.69, 9.17) is 5.73 Å². The van der Waals surface area contributed by atoms with Gasteiger partial charge in [-0.25, -0.2) is 9.97 Å². The van der Waals surface area contributed by atoms with Crippen LogP contribution < -0.4 is 10.6 Å². The maximum Gasteiger partial charge on any atom is 0.132 e. The standard InChI is InChI=1S/C10H18N4O/c1-4-9-12-7(8(15)6-11)5-10(13-9)14(2)3/h5,8,15H,4,6,11H2,1-3H3. The predicted molar refractivity (Wildman–Crippen MR) is 59.8 cm³/mol. The molecule has 1 rings (SSSR count). The van der Waals surface area contributed by atoms with E-state index in [1.54, 1.807) is 6.07 Å². The van der Waals surface area contributed by atoms with E-state index in [0.29, 0.717) is 5.69 Å². The Morgan fingerprint density at radius 1 is 1.47 bits per heavy atom. The van der Waals surface area contributed by atoms with Gasteiger partial charge in [0.15, 0.2) is 0 Å². The Kier molecular flexibility index (Phi) is 3.99. The highest BCUT2D eigenvalue weighted by Crippen LogP contribution is 2.15. The van der Waals surface area contributed by atoms with Crippen molar-refractivity contribution in [3.05, 3.63) is 17.6 Å². The van der Waals surface area contributed by atoms with Crippen LogP contribution in [0.1, 0.15) is 24.5 Å². The van der Waals surface area contributed by atoms with E-state index < -0.39 is 6.10 Å². The third-order valence-electron chi connectivity index (χ3n) is 2.12. The minimum atomic E-state index is -0.711. The van der Waals surface area contributed by atoms with Gasteiger partial charge in [0, 0.05) is 33.1 Å². The number of anilines is 1. The maximum absolute atomic E-state index is 9.62. The zero-order valence-corrected chi connectivity index (χ0v) is 9.44.